The molecule has 1 fully saturated rings. The minimum atomic E-state index is -3.69. The number of nitrogens with one attached hydrogen (secondary N) is 1. The van der Waals surface area contributed by atoms with Gasteiger partial charge in [-0.05, 0) is 55.3 Å². The fourth-order valence-electron chi connectivity index (χ4n) is 2.49. The third-order valence-electron chi connectivity index (χ3n) is 3.67. The lowest BCUT2D eigenvalue weighted by Crippen LogP contribution is -2.33. The summed E-state index contributed by atoms with van der Waals surface area (Å²) in [6, 6.07) is 13.0. The van der Waals surface area contributed by atoms with Gasteiger partial charge in [0.2, 0.25) is 5.91 Å². The largest absolute Gasteiger partial charge is 0.326 e. The van der Waals surface area contributed by atoms with Gasteiger partial charge >= 0.3 is 0 Å². The van der Waals surface area contributed by atoms with E-state index in [-0.39, 0.29) is 16.8 Å². The van der Waals surface area contributed by atoms with Crippen LogP contribution in [0.3, 0.4) is 0 Å². The average molecular weight is 365 g/mol. The Balaban J connectivity index is 1.97. The summed E-state index contributed by atoms with van der Waals surface area (Å²) in [6.07, 6.45) is 1.65. The molecule has 1 aliphatic rings. The number of sulfonamides is 1. The van der Waals surface area contributed by atoms with Crippen LogP contribution in [0.1, 0.15) is 19.8 Å². The normalized spacial score (nSPS) is 14.2. The van der Waals surface area contributed by atoms with E-state index in [9.17, 15) is 13.2 Å². The molecule has 0 bridgehead atoms. The molecule has 0 radical (unpaired) electrons. The standard InChI is InChI=1S/C17H17ClN2O3S/c1-12(21)19-14-5-7-15(8-6-14)20(16-9-10-16)24(22,23)17-4-2-3-13(18)11-17/h2-8,11,16H,9-10H2,1H3,(H,19,21). The Bertz CT molecular complexity index is 862. The Hall–Kier alpha value is -2.05. The zero-order chi connectivity index (χ0) is 17.3. The number of hydrogen-bond acceptors (Lipinski definition) is 3. The van der Waals surface area contributed by atoms with Crippen LogP contribution in [0.5, 0.6) is 0 Å². The molecular weight excluding hydrogens is 348 g/mol. The van der Waals surface area contributed by atoms with E-state index < -0.39 is 10.0 Å². The first-order valence-electron chi connectivity index (χ1n) is 7.55. The molecule has 1 amide bonds. The van der Waals surface area contributed by atoms with Crippen molar-refractivity contribution in [2.24, 2.45) is 0 Å². The predicted octanol–water partition coefficient (Wildman–Crippen LogP) is 3.66. The molecule has 24 heavy (non-hydrogen) atoms. The zero-order valence-electron chi connectivity index (χ0n) is 13.1. The van der Waals surface area contributed by atoms with Crippen molar-refractivity contribution in [2.75, 3.05) is 9.62 Å². The molecular formula is C17H17ClN2O3S. The van der Waals surface area contributed by atoms with Crippen molar-refractivity contribution in [3.05, 3.63) is 53.6 Å². The number of halogens is 1. The first-order valence-corrected chi connectivity index (χ1v) is 9.37. The summed E-state index contributed by atoms with van der Waals surface area (Å²) in [6.45, 7) is 1.42. The molecule has 1 N–H and O–H groups in total. The molecule has 5 nitrogen and oxygen atoms in total. The van der Waals surface area contributed by atoms with Crippen LogP contribution in [0.15, 0.2) is 53.4 Å². The molecule has 7 heteroatoms. The Labute approximate surface area is 146 Å². The van der Waals surface area contributed by atoms with Crippen molar-refractivity contribution in [2.45, 2.75) is 30.7 Å². The highest BCUT2D eigenvalue weighted by Crippen LogP contribution is 2.37. The fourth-order valence-corrected chi connectivity index (χ4v) is 4.50. The number of carbonyl (C=O) groups is 1. The van der Waals surface area contributed by atoms with Crippen molar-refractivity contribution >= 4 is 38.9 Å². The maximum atomic E-state index is 13.0. The molecule has 126 valence electrons. The van der Waals surface area contributed by atoms with E-state index in [0.29, 0.717) is 16.4 Å². The first kappa shape index (κ1) is 16.8. The van der Waals surface area contributed by atoms with E-state index in [1.807, 2.05) is 0 Å². The molecule has 0 heterocycles. The molecule has 0 saturated heterocycles. The van der Waals surface area contributed by atoms with Gasteiger partial charge in [-0.3, -0.25) is 9.10 Å². The summed E-state index contributed by atoms with van der Waals surface area (Å²) in [5.74, 6) is -0.173. The second-order valence-corrected chi connectivity index (χ2v) is 7.97. The average Bonchev–Trinajstić information content (AvgIpc) is 3.33. The highest BCUT2D eigenvalue weighted by molar-refractivity contribution is 7.92. The predicted molar refractivity (Wildman–Crippen MR) is 94.9 cm³/mol. The Kier molecular flexibility index (Phi) is 4.51. The second-order valence-electron chi connectivity index (χ2n) is 5.72. The minimum Gasteiger partial charge on any atom is -0.326 e. The van der Waals surface area contributed by atoms with E-state index in [1.165, 1.54) is 17.3 Å². The molecule has 0 aromatic heterocycles. The number of hydrogen-bond donors (Lipinski definition) is 1. The van der Waals surface area contributed by atoms with E-state index in [4.69, 9.17) is 11.6 Å². The smallest absolute Gasteiger partial charge is 0.264 e. The Morgan fingerprint density at radius 2 is 1.83 bits per heavy atom. The van der Waals surface area contributed by atoms with Gasteiger partial charge in [-0.25, -0.2) is 8.42 Å². The minimum absolute atomic E-state index is 0.0411. The van der Waals surface area contributed by atoms with Gasteiger partial charge in [0.15, 0.2) is 0 Å². The zero-order valence-corrected chi connectivity index (χ0v) is 14.6. The van der Waals surface area contributed by atoms with Crippen LogP contribution < -0.4 is 9.62 Å². The van der Waals surface area contributed by atoms with Gasteiger partial charge in [0, 0.05) is 23.7 Å². The van der Waals surface area contributed by atoms with Crippen LogP contribution in [-0.2, 0) is 14.8 Å². The fraction of sp³-hybridized carbons (Fsp3) is 0.235. The first-order chi connectivity index (χ1) is 11.4. The molecule has 0 atom stereocenters. The van der Waals surface area contributed by atoms with Crippen molar-refractivity contribution in [1.82, 2.24) is 0 Å². The van der Waals surface area contributed by atoms with Crippen LogP contribution in [-0.4, -0.2) is 20.4 Å². The monoisotopic (exact) mass is 364 g/mol. The van der Waals surface area contributed by atoms with E-state index in [2.05, 4.69) is 5.32 Å². The van der Waals surface area contributed by atoms with E-state index >= 15 is 0 Å². The lowest BCUT2D eigenvalue weighted by Gasteiger charge is -2.24. The molecule has 0 aliphatic heterocycles. The van der Waals surface area contributed by atoms with Gasteiger partial charge in [-0.1, -0.05) is 17.7 Å². The number of carbonyl (C=O) groups excluding carboxylic acids is 1. The summed E-state index contributed by atoms with van der Waals surface area (Å²) in [5, 5.41) is 3.05. The van der Waals surface area contributed by atoms with Crippen LogP contribution in [0.4, 0.5) is 11.4 Å². The molecule has 1 saturated carbocycles. The van der Waals surface area contributed by atoms with Crippen LogP contribution in [0.2, 0.25) is 5.02 Å². The number of rotatable bonds is 5. The molecule has 2 aromatic carbocycles. The van der Waals surface area contributed by atoms with Gasteiger partial charge in [-0.2, -0.15) is 0 Å². The van der Waals surface area contributed by atoms with Gasteiger partial charge < -0.3 is 5.32 Å². The molecule has 1 aliphatic carbocycles. The van der Waals surface area contributed by atoms with Crippen molar-refractivity contribution in [1.29, 1.82) is 0 Å². The van der Waals surface area contributed by atoms with E-state index in [1.54, 1.807) is 42.5 Å². The van der Waals surface area contributed by atoms with Crippen molar-refractivity contribution < 1.29 is 13.2 Å². The summed E-state index contributed by atoms with van der Waals surface area (Å²) in [7, 11) is -3.69. The number of nitrogens with zero attached hydrogens (tertiary/aromatic N) is 1. The summed E-state index contributed by atoms with van der Waals surface area (Å²) in [4.78, 5) is 11.3. The third kappa shape index (κ3) is 3.55. The molecule has 0 unspecified atom stereocenters. The van der Waals surface area contributed by atoms with Crippen LogP contribution in [0, 0.1) is 0 Å². The SMILES string of the molecule is CC(=O)Nc1ccc(N(C2CC2)S(=O)(=O)c2cccc(Cl)c2)cc1. The Morgan fingerprint density at radius 3 is 2.38 bits per heavy atom. The third-order valence-corrected chi connectivity index (χ3v) is 5.79. The van der Waals surface area contributed by atoms with Crippen molar-refractivity contribution in [3.8, 4) is 0 Å². The quantitative estimate of drug-likeness (QED) is 0.880. The van der Waals surface area contributed by atoms with Gasteiger partial charge in [-0.15, -0.1) is 0 Å². The van der Waals surface area contributed by atoms with Crippen LogP contribution >= 0.6 is 11.6 Å². The highest BCUT2D eigenvalue weighted by atomic mass is 35.5. The number of anilines is 2. The van der Waals surface area contributed by atoms with Crippen molar-refractivity contribution in [3.63, 3.8) is 0 Å². The van der Waals surface area contributed by atoms with Crippen LogP contribution in [0.25, 0.3) is 0 Å². The highest BCUT2D eigenvalue weighted by Gasteiger charge is 2.38. The summed E-state index contributed by atoms with van der Waals surface area (Å²) >= 11 is 5.94. The maximum Gasteiger partial charge on any atom is 0.264 e. The lowest BCUT2D eigenvalue weighted by atomic mass is 10.2. The summed E-state index contributed by atoms with van der Waals surface area (Å²) in [5.41, 5.74) is 1.20. The topological polar surface area (TPSA) is 66.5 Å². The number of benzene rings is 2. The molecule has 2 aromatic rings. The second kappa shape index (κ2) is 6.45. The van der Waals surface area contributed by atoms with Gasteiger partial charge in [0.1, 0.15) is 0 Å². The Morgan fingerprint density at radius 1 is 1.17 bits per heavy atom. The maximum absolute atomic E-state index is 13.0. The molecule has 3 rings (SSSR count). The lowest BCUT2D eigenvalue weighted by molar-refractivity contribution is -0.114. The van der Waals surface area contributed by atoms with Gasteiger partial charge in [0.25, 0.3) is 10.0 Å². The molecule has 0 spiro atoms. The number of amides is 1. The summed E-state index contributed by atoms with van der Waals surface area (Å²) < 4.78 is 27.5. The van der Waals surface area contributed by atoms with Gasteiger partial charge in [0.05, 0.1) is 10.6 Å². The van der Waals surface area contributed by atoms with E-state index in [0.717, 1.165) is 12.8 Å².